The van der Waals surface area contributed by atoms with Crippen molar-refractivity contribution in [3.05, 3.63) is 54.1 Å². The van der Waals surface area contributed by atoms with Gasteiger partial charge in [0, 0.05) is 0 Å². The van der Waals surface area contributed by atoms with Crippen molar-refractivity contribution in [2.24, 2.45) is 4.99 Å². The van der Waals surface area contributed by atoms with Crippen LogP contribution in [0.2, 0.25) is 0 Å². The molecule has 2 rings (SSSR count). The highest BCUT2D eigenvalue weighted by Gasteiger charge is 2.06. The number of ether oxygens (including phenoxy) is 1. The van der Waals surface area contributed by atoms with Gasteiger partial charge in [0.15, 0.2) is 11.4 Å². The first-order valence-electron chi connectivity index (χ1n) is 7.33. The molecule has 0 aromatic heterocycles. The van der Waals surface area contributed by atoms with Crippen LogP contribution in [0.5, 0.6) is 0 Å². The third-order valence-electron chi connectivity index (χ3n) is 3.18. The lowest BCUT2D eigenvalue weighted by molar-refractivity contribution is 0.0526. The monoisotopic (exact) mass is 339 g/mol. The summed E-state index contributed by atoms with van der Waals surface area (Å²) in [6, 6.07) is 14.9. The maximum atomic E-state index is 11.7. The fraction of sp³-hybridized carbons (Fsp3) is 0.167. The Bertz CT molecular complexity index is 762. The zero-order chi connectivity index (χ0) is 17.4. The van der Waals surface area contributed by atoms with E-state index < -0.39 is 0 Å². The van der Waals surface area contributed by atoms with Gasteiger partial charge in [-0.2, -0.15) is 5.26 Å². The molecular formula is C18H17N3O2S. The molecule has 6 heteroatoms. The van der Waals surface area contributed by atoms with Gasteiger partial charge in [0.2, 0.25) is 0 Å². The Morgan fingerprint density at radius 2 is 1.75 bits per heavy atom. The van der Waals surface area contributed by atoms with Crippen LogP contribution in [-0.4, -0.2) is 24.0 Å². The zero-order valence-electron chi connectivity index (χ0n) is 13.4. The summed E-state index contributed by atoms with van der Waals surface area (Å²) in [5.74, 6) is -0.316. The molecule has 0 fully saturated rings. The van der Waals surface area contributed by atoms with Gasteiger partial charge in [-0.15, -0.1) is 0 Å². The van der Waals surface area contributed by atoms with Gasteiger partial charge >= 0.3 is 5.97 Å². The number of carbonyl (C=O) groups is 1. The summed E-state index contributed by atoms with van der Waals surface area (Å²) in [6.45, 7) is 2.15. The quantitative estimate of drug-likeness (QED) is 0.300. The topological polar surface area (TPSA) is 74.5 Å². The molecule has 2 aromatic carbocycles. The lowest BCUT2D eigenvalue weighted by Crippen LogP contribution is -2.12. The van der Waals surface area contributed by atoms with Gasteiger partial charge in [0.1, 0.15) is 0 Å². The number of benzene rings is 2. The number of amidine groups is 1. The van der Waals surface area contributed by atoms with E-state index in [0.717, 1.165) is 16.8 Å². The molecule has 2 aromatic rings. The second kappa shape index (κ2) is 8.75. The van der Waals surface area contributed by atoms with Gasteiger partial charge in [-0.1, -0.05) is 36.0 Å². The smallest absolute Gasteiger partial charge is 0.338 e. The molecule has 0 aliphatic heterocycles. The lowest BCUT2D eigenvalue weighted by Gasteiger charge is -2.05. The molecule has 122 valence electrons. The van der Waals surface area contributed by atoms with Gasteiger partial charge in [-0.25, -0.2) is 9.79 Å². The Labute approximate surface area is 145 Å². The lowest BCUT2D eigenvalue weighted by atomic mass is 10.0. The van der Waals surface area contributed by atoms with Crippen LogP contribution in [0.1, 0.15) is 17.3 Å². The van der Waals surface area contributed by atoms with Crippen LogP contribution in [-0.2, 0) is 4.74 Å². The van der Waals surface area contributed by atoms with Crippen molar-refractivity contribution in [2.75, 3.05) is 12.9 Å². The Hall–Kier alpha value is -2.78. The number of nitrogens with one attached hydrogen (secondary N) is 1. The molecule has 0 heterocycles. The van der Waals surface area contributed by atoms with Gasteiger partial charge in [-0.05, 0) is 48.6 Å². The minimum Gasteiger partial charge on any atom is -0.462 e. The SMILES string of the molecule is CCOC(=O)c1ccc(-c2ccc(N=C(NC#N)SC)cc2)cc1. The summed E-state index contributed by atoms with van der Waals surface area (Å²) >= 11 is 1.37. The van der Waals surface area contributed by atoms with E-state index in [4.69, 9.17) is 10.00 Å². The Balaban J connectivity index is 2.16. The summed E-state index contributed by atoms with van der Waals surface area (Å²) in [6.07, 6.45) is 3.71. The van der Waals surface area contributed by atoms with Crippen molar-refractivity contribution in [2.45, 2.75) is 6.92 Å². The number of nitriles is 1. The van der Waals surface area contributed by atoms with Crippen molar-refractivity contribution >= 4 is 28.6 Å². The number of hydrogen-bond acceptors (Lipinski definition) is 5. The third-order valence-corrected chi connectivity index (χ3v) is 3.76. The highest BCUT2D eigenvalue weighted by atomic mass is 32.2. The summed E-state index contributed by atoms with van der Waals surface area (Å²) < 4.78 is 4.97. The number of thioether (sulfide) groups is 1. The minimum atomic E-state index is -0.316. The van der Waals surface area contributed by atoms with Crippen LogP contribution >= 0.6 is 11.8 Å². The number of esters is 1. The molecule has 0 aliphatic rings. The van der Waals surface area contributed by atoms with Gasteiger partial charge < -0.3 is 4.74 Å². The van der Waals surface area contributed by atoms with Crippen molar-refractivity contribution in [3.8, 4) is 17.3 Å². The Morgan fingerprint density at radius 1 is 1.17 bits per heavy atom. The summed E-state index contributed by atoms with van der Waals surface area (Å²) in [5, 5.41) is 11.7. The molecule has 5 nitrogen and oxygen atoms in total. The maximum Gasteiger partial charge on any atom is 0.338 e. The average Bonchev–Trinajstić information content (AvgIpc) is 2.62. The first kappa shape index (κ1) is 17.6. The second-order valence-electron chi connectivity index (χ2n) is 4.70. The van der Waals surface area contributed by atoms with E-state index in [2.05, 4.69) is 10.3 Å². The molecule has 0 unspecified atom stereocenters. The predicted octanol–water partition coefficient (Wildman–Crippen LogP) is 3.95. The Kier molecular flexibility index (Phi) is 6.41. The fourth-order valence-electron chi connectivity index (χ4n) is 2.03. The molecule has 1 N–H and O–H groups in total. The summed E-state index contributed by atoms with van der Waals surface area (Å²) in [4.78, 5) is 16.0. The number of rotatable bonds is 4. The van der Waals surface area contributed by atoms with Gasteiger partial charge in [0.25, 0.3) is 0 Å². The number of nitrogens with zero attached hydrogens (tertiary/aromatic N) is 2. The third kappa shape index (κ3) is 4.61. The molecule has 0 spiro atoms. The number of carbonyl (C=O) groups excluding carboxylic acids is 1. The van der Waals surface area contributed by atoms with Crippen LogP contribution in [0.25, 0.3) is 11.1 Å². The van der Waals surface area contributed by atoms with Crippen LogP contribution in [0.15, 0.2) is 53.5 Å². The molecule has 0 radical (unpaired) electrons. The average molecular weight is 339 g/mol. The molecule has 0 aliphatic carbocycles. The normalized spacial score (nSPS) is 10.8. The van der Waals surface area contributed by atoms with Crippen molar-refractivity contribution in [1.82, 2.24) is 5.32 Å². The largest absolute Gasteiger partial charge is 0.462 e. The van der Waals surface area contributed by atoms with E-state index in [0.29, 0.717) is 17.3 Å². The number of aliphatic imine (C=N–C) groups is 1. The van der Waals surface area contributed by atoms with Crippen molar-refractivity contribution in [1.29, 1.82) is 5.26 Å². The van der Waals surface area contributed by atoms with Crippen LogP contribution in [0, 0.1) is 11.5 Å². The standard InChI is InChI=1S/C18H17N3O2S/c1-3-23-17(22)15-6-4-13(5-7-15)14-8-10-16(11-9-14)21-18(24-2)20-12-19/h4-11H,3H2,1-2H3,(H,20,21). The van der Waals surface area contributed by atoms with E-state index in [1.165, 1.54) is 11.8 Å². The van der Waals surface area contributed by atoms with Crippen molar-refractivity contribution in [3.63, 3.8) is 0 Å². The van der Waals surface area contributed by atoms with E-state index >= 15 is 0 Å². The molecular weight excluding hydrogens is 322 g/mol. The summed E-state index contributed by atoms with van der Waals surface area (Å²) in [7, 11) is 0. The van der Waals surface area contributed by atoms with Crippen LogP contribution in [0.3, 0.4) is 0 Å². The Morgan fingerprint density at radius 3 is 2.25 bits per heavy atom. The maximum absolute atomic E-state index is 11.7. The molecule has 0 amide bonds. The molecule has 0 bridgehead atoms. The van der Waals surface area contributed by atoms with E-state index in [-0.39, 0.29) is 5.97 Å². The van der Waals surface area contributed by atoms with E-state index in [1.807, 2.05) is 48.8 Å². The van der Waals surface area contributed by atoms with Crippen molar-refractivity contribution < 1.29 is 9.53 Å². The molecule has 0 saturated carbocycles. The highest BCUT2D eigenvalue weighted by molar-refractivity contribution is 8.13. The molecule has 24 heavy (non-hydrogen) atoms. The highest BCUT2D eigenvalue weighted by Crippen LogP contribution is 2.23. The molecule has 0 atom stereocenters. The molecule has 0 saturated heterocycles. The van der Waals surface area contributed by atoms with E-state index in [1.54, 1.807) is 19.1 Å². The van der Waals surface area contributed by atoms with Crippen LogP contribution in [0.4, 0.5) is 5.69 Å². The zero-order valence-corrected chi connectivity index (χ0v) is 14.3. The second-order valence-corrected chi connectivity index (χ2v) is 5.50. The van der Waals surface area contributed by atoms with Gasteiger partial charge in [0.05, 0.1) is 17.9 Å². The van der Waals surface area contributed by atoms with Crippen LogP contribution < -0.4 is 5.32 Å². The predicted molar refractivity (Wildman–Crippen MR) is 97.2 cm³/mol. The summed E-state index contributed by atoms with van der Waals surface area (Å²) in [5.41, 5.74) is 3.31. The van der Waals surface area contributed by atoms with E-state index in [9.17, 15) is 4.79 Å². The minimum absolute atomic E-state index is 0.316. The first-order chi connectivity index (χ1) is 11.7. The number of hydrogen-bond donors (Lipinski definition) is 1. The fourth-order valence-corrected chi connectivity index (χ4v) is 2.38. The van der Waals surface area contributed by atoms with Gasteiger partial charge in [-0.3, -0.25) is 5.32 Å². The first-order valence-corrected chi connectivity index (χ1v) is 8.55.